The number of anilines is 1. The molecule has 0 aliphatic rings. The fourth-order valence-electron chi connectivity index (χ4n) is 2.21. The van der Waals surface area contributed by atoms with Gasteiger partial charge in [0.1, 0.15) is 10.6 Å². The van der Waals surface area contributed by atoms with Crippen LogP contribution in [0.1, 0.15) is 24.5 Å². The maximum absolute atomic E-state index is 12.3. The smallest absolute Gasteiger partial charge is 0.265 e. The van der Waals surface area contributed by atoms with Crippen molar-refractivity contribution in [1.29, 1.82) is 0 Å². The third kappa shape index (κ3) is 3.31. The lowest BCUT2D eigenvalue weighted by molar-refractivity contribution is 0.459. The monoisotopic (exact) mass is 317 g/mol. The molecule has 0 unspecified atom stereocenters. The number of hydrogen-bond acceptors (Lipinski definition) is 3. The van der Waals surface area contributed by atoms with Gasteiger partial charge in [0.15, 0.2) is 0 Å². The van der Waals surface area contributed by atoms with Gasteiger partial charge in [0.2, 0.25) is 0 Å². The Kier molecular flexibility index (Phi) is 4.56. The molecule has 0 atom stereocenters. The largest absolute Gasteiger partial charge is 0.507 e. The first-order valence-electron chi connectivity index (χ1n) is 6.94. The lowest BCUT2D eigenvalue weighted by atomic mass is 10.00. The van der Waals surface area contributed by atoms with Crippen LogP contribution >= 0.6 is 0 Å². The molecule has 0 spiro atoms. The van der Waals surface area contributed by atoms with E-state index in [1.54, 1.807) is 24.3 Å². The molecule has 2 rings (SSSR count). The van der Waals surface area contributed by atoms with Gasteiger partial charge in [-0.15, -0.1) is 0 Å². The molecule has 2 aromatic rings. The van der Waals surface area contributed by atoms with Crippen LogP contribution in [-0.2, 0) is 10.0 Å². The molecule has 0 heterocycles. The van der Waals surface area contributed by atoms with Gasteiger partial charge in [-0.2, -0.15) is 0 Å². The van der Waals surface area contributed by atoms with E-state index in [2.05, 4.69) is 11.3 Å². The van der Waals surface area contributed by atoms with Crippen LogP contribution in [0.2, 0.25) is 0 Å². The average Bonchev–Trinajstić information content (AvgIpc) is 2.46. The van der Waals surface area contributed by atoms with E-state index in [9.17, 15) is 13.5 Å². The Balaban J connectivity index is 2.33. The van der Waals surface area contributed by atoms with Gasteiger partial charge in [-0.05, 0) is 54.3 Å². The lowest BCUT2D eigenvalue weighted by Gasteiger charge is -2.12. The van der Waals surface area contributed by atoms with Crippen LogP contribution in [0, 0.1) is 6.92 Å². The summed E-state index contributed by atoms with van der Waals surface area (Å²) in [6.45, 7) is 7.93. The van der Waals surface area contributed by atoms with Crippen molar-refractivity contribution in [2.75, 3.05) is 4.72 Å². The van der Waals surface area contributed by atoms with Gasteiger partial charge in [0.25, 0.3) is 10.0 Å². The maximum atomic E-state index is 12.3. The molecule has 0 saturated heterocycles. The summed E-state index contributed by atoms with van der Waals surface area (Å²) < 4.78 is 27.1. The summed E-state index contributed by atoms with van der Waals surface area (Å²) in [5, 5.41) is 9.70. The number of benzene rings is 2. The van der Waals surface area contributed by atoms with Gasteiger partial charge in [0, 0.05) is 5.69 Å². The van der Waals surface area contributed by atoms with Gasteiger partial charge in [-0.1, -0.05) is 31.7 Å². The van der Waals surface area contributed by atoms with Gasteiger partial charge >= 0.3 is 0 Å². The van der Waals surface area contributed by atoms with E-state index in [1.165, 1.54) is 12.1 Å². The quantitative estimate of drug-likeness (QED) is 0.878. The van der Waals surface area contributed by atoms with Crippen LogP contribution in [-0.4, -0.2) is 13.5 Å². The molecule has 0 aromatic heterocycles. The molecule has 0 saturated carbocycles. The van der Waals surface area contributed by atoms with E-state index in [0.717, 1.165) is 23.1 Å². The zero-order valence-electron chi connectivity index (χ0n) is 12.6. The molecule has 0 radical (unpaired) electrons. The van der Waals surface area contributed by atoms with Crippen molar-refractivity contribution in [3.8, 4) is 5.75 Å². The number of allylic oxidation sites excluding steroid dienone is 1. The number of aryl methyl sites for hydroxylation is 1. The van der Waals surface area contributed by atoms with E-state index in [4.69, 9.17) is 0 Å². The number of hydrogen-bond donors (Lipinski definition) is 2. The van der Waals surface area contributed by atoms with Crippen molar-refractivity contribution in [2.24, 2.45) is 0 Å². The van der Waals surface area contributed by atoms with E-state index in [-0.39, 0.29) is 10.6 Å². The molecular weight excluding hydrogens is 298 g/mol. The van der Waals surface area contributed by atoms with E-state index in [0.29, 0.717) is 5.69 Å². The highest BCUT2D eigenvalue weighted by Gasteiger charge is 2.18. The molecule has 116 valence electrons. The lowest BCUT2D eigenvalue weighted by Crippen LogP contribution is -2.13. The summed E-state index contributed by atoms with van der Waals surface area (Å²) in [7, 11) is -3.82. The number of aromatic hydroxyl groups is 1. The van der Waals surface area contributed by atoms with Gasteiger partial charge < -0.3 is 5.11 Å². The normalized spacial score (nSPS) is 11.2. The SMILES string of the molecule is C=C(CC)c1ccc(NS(=O)(=O)c2ccccc2O)cc1C. The molecule has 2 N–H and O–H groups in total. The molecule has 2 aromatic carbocycles. The van der Waals surface area contributed by atoms with E-state index >= 15 is 0 Å². The van der Waals surface area contributed by atoms with Crippen molar-refractivity contribution in [2.45, 2.75) is 25.2 Å². The first-order chi connectivity index (χ1) is 10.3. The highest BCUT2D eigenvalue weighted by atomic mass is 32.2. The number of sulfonamides is 1. The van der Waals surface area contributed by atoms with Crippen LogP contribution in [0.5, 0.6) is 5.75 Å². The molecular formula is C17H19NO3S. The van der Waals surface area contributed by atoms with Crippen molar-refractivity contribution >= 4 is 21.3 Å². The van der Waals surface area contributed by atoms with Crippen molar-refractivity contribution in [3.05, 3.63) is 60.2 Å². The Morgan fingerprint density at radius 3 is 2.50 bits per heavy atom. The van der Waals surface area contributed by atoms with Crippen LogP contribution in [0.4, 0.5) is 5.69 Å². The van der Waals surface area contributed by atoms with Gasteiger partial charge in [0.05, 0.1) is 0 Å². The van der Waals surface area contributed by atoms with E-state index < -0.39 is 10.0 Å². The third-order valence-electron chi connectivity index (χ3n) is 3.44. The van der Waals surface area contributed by atoms with Crippen molar-refractivity contribution < 1.29 is 13.5 Å². The van der Waals surface area contributed by atoms with Crippen molar-refractivity contribution in [3.63, 3.8) is 0 Å². The summed E-state index contributed by atoms with van der Waals surface area (Å²) in [5.74, 6) is -0.275. The standard InChI is InChI=1S/C17H19NO3S/c1-4-12(2)15-10-9-14(11-13(15)3)18-22(20,21)17-8-6-5-7-16(17)19/h5-11,18-19H,2,4H2,1,3H3. The Hall–Kier alpha value is -2.27. The average molecular weight is 317 g/mol. The Morgan fingerprint density at radius 1 is 1.23 bits per heavy atom. The van der Waals surface area contributed by atoms with Crippen LogP contribution < -0.4 is 4.72 Å². The molecule has 0 amide bonds. The number of rotatable bonds is 5. The number of nitrogens with one attached hydrogen (secondary N) is 1. The maximum Gasteiger partial charge on any atom is 0.265 e. The van der Waals surface area contributed by atoms with E-state index in [1.807, 2.05) is 19.9 Å². The number of para-hydroxylation sites is 1. The molecule has 0 fully saturated rings. The first-order valence-corrected chi connectivity index (χ1v) is 8.43. The molecule has 22 heavy (non-hydrogen) atoms. The zero-order chi connectivity index (χ0) is 16.3. The summed E-state index contributed by atoms with van der Waals surface area (Å²) in [6.07, 6.45) is 0.837. The van der Waals surface area contributed by atoms with Crippen molar-refractivity contribution in [1.82, 2.24) is 0 Å². The topological polar surface area (TPSA) is 66.4 Å². The summed E-state index contributed by atoms with van der Waals surface area (Å²) in [5.41, 5.74) is 3.43. The summed E-state index contributed by atoms with van der Waals surface area (Å²) >= 11 is 0. The third-order valence-corrected chi connectivity index (χ3v) is 4.87. The second-order valence-corrected chi connectivity index (χ2v) is 6.71. The fourth-order valence-corrected chi connectivity index (χ4v) is 3.36. The zero-order valence-corrected chi connectivity index (χ0v) is 13.4. The molecule has 4 nitrogen and oxygen atoms in total. The summed E-state index contributed by atoms with van der Waals surface area (Å²) in [4.78, 5) is -0.144. The minimum Gasteiger partial charge on any atom is -0.507 e. The Morgan fingerprint density at radius 2 is 1.91 bits per heavy atom. The highest BCUT2D eigenvalue weighted by Crippen LogP contribution is 2.27. The first kappa shape index (κ1) is 16.1. The van der Waals surface area contributed by atoms with Gasteiger partial charge in [-0.3, -0.25) is 4.72 Å². The second-order valence-electron chi connectivity index (χ2n) is 5.06. The Labute approximate surface area is 131 Å². The fraction of sp³-hybridized carbons (Fsp3) is 0.176. The van der Waals surface area contributed by atoms with Crippen LogP contribution in [0.15, 0.2) is 53.9 Å². The second kappa shape index (κ2) is 6.23. The van der Waals surface area contributed by atoms with Crippen LogP contribution in [0.3, 0.4) is 0 Å². The molecule has 0 aliphatic carbocycles. The van der Waals surface area contributed by atoms with Gasteiger partial charge in [-0.25, -0.2) is 8.42 Å². The number of phenols is 1. The molecule has 0 bridgehead atoms. The Bertz CT molecular complexity index is 810. The minimum absolute atomic E-state index is 0.144. The predicted octanol–water partition coefficient (Wildman–Crippen LogP) is 3.92. The summed E-state index contributed by atoms with van der Waals surface area (Å²) in [6, 6.07) is 11.1. The number of phenolic OH excluding ortho intramolecular Hbond substituents is 1. The predicted molar refractivity (Wildman–Crippen MR) is 89.4 cm³/mol. The molecule has 5 heteroatoms. The van der Waals surface area contributed by atoms with Crippen LogP contribution in [0.25, 0.3) is 5.57 Å². The minimum atomic E-state index is -3.82. The highest BCUT2D eigenvalue weighted by molar-refractivity contribution is 7.92. The molecule has 0 aliphatic heterocycles.